The molecule has 5 aromatic rings. The van der Waals surface area contributed by atoms with Gasteiger partial charge in [-0.15, -0.1) is 10.2 Å². The molecule has 0 amide bonds. The Bertz CT molecular complexity index is 1700. The first kappa shape index (κ1) is 27.0. The van der Waals surface area contributed by atoms with E-state index in [1.165, 1.54) is 24.3 Å². The highest BCUT2D eigenvalue weighted by molar-refractivity contribution is 6.31. The minimum Gasteiger partial charge on any atom is -0.487 e. The second-order valence-corrected chi connectivity index (χ2v) is 9.13. The summed E-state index contributed by atoms with van der Waals surface area (Å²) in [6, 6.07) is 19.2. The number of fused-ring (bicyclic) bond motifs is 1. The van der Waals surface area contributed by atoms with Crippen molar-refractivity contribution in [2.45, 2.75) is 20.0 Å². The number of hydrogen-bond donors (Lipinski definition) is 1. The highest BCUT2D eigenvalue weighted by Gasteiger charge is 2.17. The average molecular weight is 561 g/mol. The van der Waals surface area contributed by atoms with Crippen LogP contribution in [-0.4, -0.2) is 27.8 Å². The van der Waals surface area contributed by atoms with Gasteiger partial charge < -0.3 is 14.8 Å². The SMILES string of the molecule is CCOC(=O)Cc1ccc(Nc2nnc(-c3ccccc3OCc3ncccc3Cl)c3cc(F)ccc23)c(F)c1. The van der Waals surface area contributed by atoms with E-state index in [4.69, 9.17) is 21.1 Å². The molecule has 0 spiro atoms. The van der Waals surface area contributed by atoms with E-state index in [-0.39, 0.29) is 31.1 Å². The molecule has 3 aromatic carbocycles. The normalized spacial score (nSPS) is 10.9. The molecular formula is C30H23ClF2N4O3. The van der Waals surface area contributed by atoms with Gasteiger partial charge in [0.1, 0.15) is 29.7 Å². The van der Waals surface area contributed by atoms with Gasteiger partial charge in [0.15, 0.2) is 5.82 Å². The summed E-state index contributed by atoms with van der Waals surface area (Å²) in [6.07, 6.45) is 1.58. The maximum Gasteiger partial charge on any atom is 0.310 e. The number of halogens is 3. The Morgan fingerprint density at radius 2 is 1.82 bits per heavy atom. The molecule has 0 saturated heterocycles. The van der Waals surface area contributed by atoms with Gasteiger partial charge >= 0.3 is 5.97 Å². The molecule has 0 atom stereocenters. The summed E-state index contributed by atoms with van der Waals surface area (Å²) in [6.45, 7) is 2.07. The van der Waals surface area contributed by atoms with E-state index in [1.807, 2.05) is 6.07 Å². The van der Waals surface area contributed by atoms with Crippen LogP contribution in [0.1, 0.15) is 18.2 Å². The molecule has 0 radical (unpaired) electrons. The Hall–Kier alpha value is -4.63. The number of nitrogens with one attached hydrogen (secondary N) is 1. The van der Waals surface area contributed by atoms with Gasteiger partial charge in [-0.1, -0.05) is 29.8 Å². The predicted octanol–water partition coefficient (Wildman–Crippen LogP) is 7.05. The molecule has 0 aliphatic rings. The van der Waals surface area contributed by atoms with Gasteiger partial charge in [-0.3, -0.25) is 9.78 Å². The lowest BCUT2D eigenvalue weighted by Gasteiger charge is -2.15. The van der Waals surface area contributed by atoms with Crippen molar-refractivity contribution in [1.29, 1.82) is 0 Å². The molecule has 1 N–H and O–H groups in total. The first-order valence-electron chi connectivity index (χ1n) is 12.4. The molecule has 2 aromatic heterocycles. The molecule has 5 rings (SSSR count). The maximum absolute atomic E-state index is 14.9. The van der Waals surface area contributed by atoms with Gasteiger partial charge in [0.2, 0.25) is 0 Å². The molecule has 40 heavy (non-hydrogen) atoms. The van der Waals surface area contributed by atoms with E-state index in [1.54, 1.807) is 55.6 Å². The summed E-state index contributed by atoms with van der Waals surface area (Å²) < 4.78 is 40.3. The lowest BCUT2D eigenvalue weighted by molar-refractivity contribution is -0.142. The van der Waals surface area contributed by atoms with Crippen LogP contribution in [0, 0.1) is 11.6 Å². The molecule has 0 fully saturated rings. The number of nitrogens with zero attached hydrogens (tertiary/aromatic N) is 3. The second-order valence-electron chi connectivity index (χ2n) is 8.72. The van der Waals surface area contributed by atoms with E-state index in [9.17, 15) is 13.6 Å². The van der Waals surface area contributed by atoms with Crippen molar-refractivity contribution in [3.8, 4) is 17.0 Å². The summed E-state index contributed by atoms with van der Waals surface area (Å²) in [7, 11) is 0. The van der Waals surface area contributed by atoms with Crippen LogP contribution in [0.3, 0.4) is 0 Å². The Labute approximate surface area is 233 Å². The lowest BCUT2D eigenvalue weighted by Crippen LogP contribution is -2.08. The number of hydrogen-bond acceptors (Lipinski definition) is 7. The van der Waals surface area contributed by atoms with Crippen LogP contribution in [0.25, 0.3) is 22.0 Å². The molecule has 0 bridgehead atoms. The van der Waals surface area contributed by atoms with Gasteiger partial charge in [-0.25, -0.2) is 8.78 Å². The van der Waals surface area contributed by atoms with Gasteiger partial charge in [0.25, 0.3) is 0 Å². The van der Waals surface area contributed by atoms with E-state index >= 15 is 0 Å². The number of carbonyl (C=O) groups is 1. The van der Waals surface area contributed by atoms with Crippen LogP contribution in [0.5, 0.6) is 5.75 Å². The van der Waals surface area contributed by atoms with Crippen molar-refractivity contribution in [2.24, 2.45) is 0 Å². The number of benzene rings is 3. The first-order chi connectivity index (χ1) is 19.4. The maximum atomic E-state index is 14.9. The van der Waals surface area contributed by atoms with E-state index in [2.05, 4.69) is 20.5 Å². The molecule has 0 saturated carbocycles. The van der Waals surface area contributed by atoms with E-state index in [0.29, 0.717) is 44.1 Å². The quantitative estimate of drug-likeness (QED) is 0.193. The minimum absolute atomic E-state index is 0.0459. The third-order valence-corrected chi connectivity index (χ3v) is 6.37. The van der Waals surface area contributed by atoms with Crippen molar-refractivity contribution in [3.63, 3.8) is 0 Å². The number of anilines is 2. The number of esters is 1. The van der Waals surface area contributed by atoms with Crippen LogP contribution in [-0.2, 0) is 22.6 Å². The van der Waals surface area contributed by atoms with Crippen molar-refractivity contribution < 1.29 is 23.0 Å². The zero-order chi connectivity index (χ0) is 28.1. The summed E-state index contributed by atoms with van der Waals surface area (Å²) in [5, 5.41) is 13.1. The molecule has 0 aliphatic heterocycles. The van der Waals surface area contributed by atoms with E-state index < -0.39 is 17.6 Å². The van der Waals surface area contributed by atoms with Crippen molar-refractivity contribution in [3.05, 3.63) is 107 Å². The van der Waals surface area contributed by atoms with Crippen LogP contribution >= 0.6 is 11.6 Å². The largest absolute Gasteiger partial charge is 0.487 e. The van der Waals surface area contributed by atoms with Crippen LogP contribution in [0.15, 0.2) is 79.0 Å². The monoisotopic (exact) mass is 560 g/mol. The van der Waals surface area contributed by atoms with Crippen LogP contribution in [0.2, 0.25) is 5.02 Å². The van der Waals surface area contributed by atoms with E-state index in [0.717, 1.165) is 0 Å². The van der Waals surface area contributed by atoms with Crippen molar-refractivity contribution >= 4 is 39.8 Å². The Kier molecular flexibility index (Phi) is 8.12. The number of ether oxygens (including phenoxy) is 2. The fourth-order valence-corrected chi connectivity index (χ4v) is 4.33. The summed E-state index contributed by atoms with van der Waals surface area (Å²) in [4.78, 5) is 16.0. The van der Waals surface area contributed by atoms with Crippen molar-refractivity contribution in [2.75, 3.05) is 11.9 Å². The highest BCUT2D eigenvalue weighted by atomic mass is 35.5. The average Bonchev–Trinajstić information content (AvgIpc) is 2.94. The van der Waals surface area contributed by atoms with Gasteiger partial charge in [0, 0.05) is 22.5 Å². The second kappa shape index (κ2) is 12.0. The molecule has 202 valence electrons. The van der Waals surface area contributed by atoms with Gasteiger partial charge in [0.05, 0.1) is 29.4 Å². The van der Waals surface area contributed by atoms with Crippen molar-refractivity contribution in [1.82, 2.24) is 15.2 Å². The first-order valence-corrected chi connectivity index (χ1v) is 12.8. The topological polar surface area (TPSA) is 86.2 Å². The number of rotatable bonds is 9. The van der Waals surface area contributed by atoms with Crippen LogP contribution < -0.4 is 10.1 Å². The summed E-state index contributed by atoms with van der Waals surface area (Å²) in [5.41, 5.74) is 2.12. The third kappa shape index (κ3) is 6.00. The zero-order valence-electron chi connectivity index (χ0n) is 21.3. The highest BCUT2D eigenvalue weighted by Crippen LogP contribution is 2.36. The third-order valence-electron chi connectivity index (χ3n) is 6.02. The predicted molar refractivity (Wildman–Crippen MR) is 149 cm³/mol. The molecular weight excluding hydrogens is 538 g/mol. The Morgan fingerprint density at radius 3 is 2.62 bits per heavy atom. The molecule has 0 unspecified atom stereocenters. The molecule has 7 nitrogen and oxygen atoms in total. The fraction of sp³-hybridized carbons (Fsp3) is 0.133. The minimum atomic E-state index is -0.588. The van der Waals surface area contributed by atoms with Gasteiger partial charge in [-0.2, -0.15) is 0 Å². The number of para-hydroxylation sites is 1. The Balaban J connectivity index is 1.48. The molecule has 0 aliphatic carbocycles. The summed E-state index contributed by atoms with van der Waals surface area (Å²) >= 11 is 6.22. The molecule has 2 heterocycles. The summed E-state index contributed by atoms with van der Waals surface area (Å²) in [5.74, 6) is -0.789. The number of carbonyl (C=O) groups excluding carboxylic acids is 1. The Morgan fingerprint density at radius 1 is 0.975 bits per heavy atom. The fourth-order valence-electron chi connectivity index (χ4n) is 4.15. The van der Waals surface area contributed by atoms with Gasteiger partial charge in [-0.05, 0) is 67.1 Å². The van der Waals surface area contributed by atoms with Crippen LogP contribution in [0.4, 0.5) is 20.3 Å². The smallest absolute Gasteiger partial charge is 0.310 e. The molecule has 10 heteroatoms. The standard InChI is InChI=1S/C30H23ClF2N4O3/c1-2-39-28(38)15-18-9-12-25(24(33)14-18)35-30-20-11-10-19(32)16-22(20)29(36-37-30)21-6-3-4-8-27(21)40-17-26-23(31)7-5-13-34-26/h3-14,16H,2,15,17H2,1H3,(H,35,37). The zero-order valence-corrected chi connectivity index (χ0v) is 22.1. The lowest BCUT2D eigenvalue weighted by atomic mass is 10.0. The number of aromatic nitrogens is 3. The number of pyridine rings is 1.